The Balaban J connectivity index is 2.82. The first kappa shape index (κ1) is 16.8. The molecule has 1 rings (SSSR count). The number of halogens is 2. The van der Waals surface area contributed by atoms with Crippen molar-refractivity contribution in [1.29, 1.82) is 0 Å². The molecule has 0 saturated heterocycles. The fourth-order valence-corrected chi connectivity index (χ4v) is 2.07. The lowest BCUT2D eigenvalue weighted by molar-refractivity contribution is -0.123. The van der Waals surface area contributed by atoms with Crippen LogP contribution in [0.5, 0.6) is 0 Å². The van der Waals surface area contributed by atoms with Gasteiger partial charge in [-0.1, -0.05) is 42.6 Å². The molecule has 4 nitrogen and oxygen atoms in total. The van der Waals surface area contributed by atoms with Crippen LogP contribution in [0.4, 0.5) is 5.69 Å². The molecule has 0 aromatic heterocycles. The smallest absolute Gasteiger partial charge is 0.240 e. The standard InChI is InChI=1S/C14H18Cl2N2O2/c1-3-4-8-17-13(20)9-18(10(2)19)12-7-5-6-11(15)14(12)16/h5-7H,3-4,8-9H2,1-2H3,(H,17,20). The van der Waals surface area contributed by atoms with Gasteiger partial charge in [0.05, 0.1) is 15.7 Å². The number of amides is 2. The minimum atomic E-state index is -0.264. The third-order valence-electron chi connectivity index (χ3n) is 2.76. The van der Waals surface area contributed by atoms with Gasteiger partial charge in [-0.25, -0.2) is 0 Å². The number of carbonyl (C=O) groups is 2. The summed E-state index contributed by atoms with van der Waals surface area (Å²) in [5.41, 5.74) is 0.442. The van der Waals surface area contributed by atoms with E-state index in [1.54, 1.807) is 18.2 Å². The number of rotatable bonds is 6. The largest absolute Gasteiger partial charge is 0.355 e. The second kappa shape index (κ2) is 8.12. The number of hydrogen-bond donors (Lipinski definition) is 1. The second-order valence-electron chi connectivity index (χ2n) is 4.38. The first-order chi connectivity index (χ1) is 9.47. The van der Waals surface area contributed by atoms with E-state index >= 15 is 0 Å². The Morgan fingerprint density at radius 3 is 2.60 bits per heavy atom. The summed E-state index contributed by atoms with van der Waals surface area (Å²) < 4.78 is 0. The van der Waals surface area contributed by atoms with E-state index in [0.29, 0.717) is 17.3 Å². The van der Waals surface area contributed by atoms with Crippen molar-refractivity contribution < 1.29 is 9.59 Å². The molecular weight excluding hydrogens is 299 g/mol. The molecule has 0 radical (unpaired) electrons. The molecule has 0 spiro atoms. The minimum Gasteiger partial charge on any atom is -0.355 e. The average Bonchev–Trinajstić information content (AvgIpc) is 2.40. The Bertz CT molecular complexity index is 492. The van der Waals surface area contributed by atoms with Crippen LogP contribution in [0.2, 0.25) is 10.0 Å². The molecule has 20 heavy (non-hydrogen) atoms. The molecule has 1 aromatic carbocycles. The number of benzene rings is 1. The van der Waals surface area contributed by atoms with Gasteiger partial charge < -0.3 is 10.2 Å². The molecule has 0 heterocycles. The van der Waals surface area contributed by atoms with Crippen LogP contribution in [0.15, 0.2) is 18.2 Å². The van der Waals surface area contributed by atoms with Crippen molar-refractivity contribution in [1.82, 2.24) is 5.32 Å². The van der Waals surface area contributed by atoms with E-state index in [1.165, 1.54) is 11.8 Å². The van der Waals surface area contributed by atoms with Gasteiger partial charge in [-0.15, -0.1) is 0 Å². The monoisotopic (exact) mass is 316 g/mol. The summed E-state index contributed by atoms with van der Waals surface area (Å²) in [6, 6.07) is 4.98. The minimum absolute atomic E-state index is 0.0703. The van der Waals surface area contributed by atoms with Gasteiger partial charge in [0, 0.05) is 13.5 Å². The molecule has 0 aliphatic carbocycles. The zero-order valence-corrected chi connectivity index (χ0v) is 13.1. The molecule has 0 bridgehead atoms. The summed E-state index contributed by atoms with van der Waals surface area (Å²) in [6.07, 6.45) is 1.90. The number of hydrogen-bond acceptors (Lipinski definition) is 2. The van der Waals surface area contributed by atoms with Crippen LogP contribution in [0.3, 0.4) is 0 Å². The number of nitrogens with one attached hydrogen (secondary N) is 1. The lowest BCUT2D eigenvalue weighted by Gasteiger charge is -2.22. The van der Waals surface area contributed by atoms with E-state index < -0.39 is 0 Å². The van der Waals surface area contributed by atoms with Crippen molar-refractivity contribution >= 4 is 40.7 Å². The van der Waals surface area contributed by atoms with Crippen molar-refractivity contribution in [2.75, 3.05) is 18.0 Å². The van der Waals surface area contributed by atoms with Gasteiger partial charge in [-0.2, -0.15) is 0 Å². The SMILES string of the molecule is CCCCNC(=O)CN(C(C)=O)c1cccc(Cl)c1Cl. The third kappa shape index (κ3) is 4.69. The molecule has 0 atom stereocenters. The molecular formula is C14H18Cl2N2O2. The first-order valence-electron chi connectivity index (χ1n) is 6.46. The van der Waals surface area contributed by atoms with Gasteiger partial charge in [0.15, 0.2) is 0 Å². The highest BCUT2D eigenvalue weighted by Crippen LogP contribution is 2.32. The quantitative estimate of drug-likeness (QED) is 0.819. The summed E-state index contributed by atoms with van der Waals surface area (Å²) in [5, 5.41) is 3.38. The molecule has 6 heteroatoms. The van der Waals surface area contributed by atoms with Gasteiger partial charge in [-0.05, 0) is 18.6 Å². The summed E-state index contributed by atoms with van der Waals surface area (Å²) in [6.45, 7) is 3.96. The molecule has 2 amide bonds. The Hall–Kier alpha value is -1.26. The van der Waals surface area contributed by atoms with Gasteiger partial charge in [0.2, 0.25) is 11.8 Å². The van der Waals surface area contributed by atoms with E-state index in [1.807, 2.05) is 6.92 Å². The zero-order chi connectivity index (χ0) is 15.1. The van der Waals surface area contributed by atoms with E-state index in [-0.39, 0.29) is 23.4 Å². The van der Waals surface area contributed by atoms with Crippen molar-refractivity contribution in [3.63, 3.8) is 0 Å². The van der Waals surface area contributed by atoms with Crippen LogP contribution < -0.4 is 10.2 Å². The Kier molecular flexibility index (Phi) is 6.82. The zero-order valence-electron chi connectivity index (χ0n) is 11.6. The van der Waals surface area contributed by atoms with Crippen LogP contribution in [0, 0.1) is 0 Å². The number of unbranched alkanes of at least 4 members (excludes halogenated alkanes) is 1. The molecule has 1 N–H and O–H groups in total. The van der Waals surface area contributed by atoms with Gasteiger partial charge >= 0.3 is 0 Å². The second-order valence-corrected chi connectivity index (χ2v) is 5.17. The normalized spacial score (nSPS) is 10.2. The van der Waals surface area contributed by atoms with Crippen molar-refractivity contribution in [2.24, 2.45) is 0 Å². The maximum absolute atomic E-state index is 11.8. The molecule has 110 valence electrons. The Morgan fingerprint density at radius 1 is 1.30 bits per heavy atom. The molecule has 0 aliphatic rings. The summed E-state index contributed by atoms with van der Waals surface area (Å²) in [7, 11) is 0. The Morgan fingerprint density at radius 2 is 2.00 bits per heavy atom. The summed E-state index contributed by atoms with van der Waals surface area (Å²) >= 11 is 12.0. The van der Waals surface area contributed by atoms with Crippen LogP contribution in [-0.4, -0.2) is 24.9 Å². The lowest BCUT2D eigenvalue weighted by atomic mass is 10.2. The van der Waals surface area contributed by atoms with Gasteiger partial charge in [0.1, 0.15) is 6.54 Å². The maximum Gasteiger partial charge on any atom is 0.240 e. The van der Waals surface area contributed by atoms with Gasteiger partial charge in [-0.3, -0.25) is 9.59 Å². The molecule has 0 saturated carbocycles. The fraction of sp³-hybridized carbons (Fsp3) is 0.429. The van der Waals surface area contributed by atoms with E-state index in [2.05, 4.69) is 5.32 Å². The number of carbonyl (C=O) groups excluding carboxylic acids is 2. The summed E-state index contributed by atoms with van der Waals surface area (Å²) in [4.78, 5) is 24.9. The lowest BCUT2D eigenvalue weighted by Crippen LogP contribution is -2.40. The molecule has 0 fully saturated rings. The number of anilines is 1. The van der Waals surface area contributed by atoms with Crippen molar-refractivity contribution in [3.8, 4) is 0 Å². The van der Waals surface area contributed by atoms with Crippen LogP contribution in [-0.2, 0) is 9.59 Å². The summed E-state index contributed by atoms with van der Waals surface area (Å²) in [5.74, 6) is -0.482. The number of nitrogens with zero attached hydrogens (tertiary/aromatic N) is 1. The van der Waals surface area contributed by atoms with Gasteiger partial charge in [0.25, 0.3) is 0 Å². The van der Waals surface area contributed by atoms with Crippen LogP contribution >= 0.6 is 23.2 Å². The third-order valence-corrected chi connectivity index (χ3v) is 3.57. The van der Waals surface area contributed by atoms with Crippen LogP contribution in [0.25, 0.3) is 0 Å². The van der Waals surface area contributed by atoms with E-state index in [4.69, 9.17) is 23.2 Å². The van der Waals surface area contributed by atoms with E-state index in [9.17, 15) is 9.59 Å². The highest BCUT2D eigenvalue weighted by atomic mass is 35.5. The Labute approximate surface area is 129 Å². The van der Waals surface area contributed by atoms with Crippen molar-refractivity contribution in [2.45, 2.75) is 26.7 Å². The average molecular weight is 317 g/mol. The highest BCUT2D eigenvalue weighted by Gasteiger charge is 2.19. The molecule has 0 unspecified atom stereocenters. The predicted molar refractivity (Wildman–Crippen MR) is 82.4 cm³/mol. The predicted octanol–water partition coefficient (Wildman–Crippen LogP) is 3.26. The van der Waals surface area contributed by atoms with Crippen molar-refractivity contribution in [3.05, 3.63) is 28.2 Å². The fourth-order valence-electron chi connectivity index (χ4n) is 1.67. The van der Waals surface area contributed by atoms with Crippen LogP contribution in [0.1, 0.15) is 26.7 Å². The maximum atomic E-state index is 11.8. The first-order valence-corrected chi connectivity index (χ1v) is 7.21. The molecule has 0 aliphatic heterocycles. The topological polar surface area (TPSA) is 49.4 Å². The highest BCUT2D eigenvalue weighted by molar-refractivity contribution is 6.44. The molecule has 1 aromatic rings. The van der Waals surface area contributed by atoms with E-state index in [0.717, 1.165) is 12.8 Å².